The van der Waals surface area contributed by atoms with Crippen molar-refractivity contribution in [1.82, 2.24) is 9.88 Å². The molecule has 27 heavy (non-hydrogen) atoms. The van der Waals surface area contributed by atoms with Crippen molar-refractivity contribution in [3.05, 3.63) is 76.1 Å². The summed E-state index contributed by atoms with van der Waals surface area (Å²) in [6.07, 6.45) is 3.61. The summed E-state index contributed by atoms with van der Waals surface area (Å²) >= 11 is 0. The third-order valence-electron chi connectivity index (χ3n) is 5.26. The number of hydrogen-bond acceptors (Lipinski definition) is 2. The van der Waals surface area contributed by atoms with Gasteiger partial charge in [0.2, 0.25) is 5.43 Å². The molecule has 2 amide bonds. The number of nitrogens with one attached hydrogen (secondary N) is 2. The van der Waals surface area contributed by atoms with Gasteiger partial charge < -0.3 is 15.2 Å². The maximum Gasteiger partial charge on any atom is 0.322 e. The van der Waals surface area contributed by atoms with Crippen molar-refractivity contribution in [3.63, 3.8) is 0 Å². The number of aryl methyl sites for hydroxylation is 1. The molecule has 138 valence electrons. The number of aromatic nitrogens is 1. The van der Waals surface area contributed by atoms with Gasteiger partial charge in [-0.3, -0.25) is 4.79 Å². The Morgan fingerprint density at radius 2 is 2.00 bits per heavy atom. The molecule has 0 saturated carbocycles. The van der Waals surface area contributed by atoms with Crippen molar-refractivity contribution in [2.45, 2.75) is 25.7 Å². The van der Waals surface area contributed by atoms with Gasteiger partial charge in [0, 0.05) is 36.1 Å². The predicted octanol–water partition coefficient (Wildman–Crippen LogP) is 4.25. The quantitative estimate of drug-likeness (QED) is 0.717. The highest BCUT2D eigenvalue weighted by Gasteiger charge is 2.25. The Bertz CT molecular complexity index is 1030. The summed E-state index contributed by atoms with van der Waals surface area (Å²) in [5.74, 6) is 0.336. The van der Waals surface area contributed by atoms with Crippen LogP contribution in [0.3, 0.4) is 0 Å². The number of carbonyl (C=O) groups is 1. The Balaban J connectivity index is 1.53. The first-order valence-electron chi connectivity index (χ1n) is 9.35. The highest BCUT2D eigenvalue weighted by Crippen LogP contribution is 2.27. The Morgan fingerprint density at radius 1 is 1.19 bits per heavy atom. The molecule has 0 aliphatic carbocycles. The van der Waals surface area contributed by atoms with E-state index in [0.717, 1.165) is 23.9 Å². The zero-order valence-electron chi connectivity index (χ0n) is 15.4. The van der Waals surface area contributed by atoms with E-state index >= 15 is 0 Å². The van der Waals surface area contributed by atoms with Gasteiger partial charge in [0.1, 0.15) is 5.69 Å². The van der Waals surface area contributed by atoms with Gasteiger partial charge in [-0.15, -0.1) is 0 Å². The Labute approximate surface area is 158 Å². The predicted molar refractivity (Wildman–Crippen MR) is 108 cm³/mol. The van der Waals surface area contributed by atoms with Crippen LogP contribution >= 0.6 is 0 Å². The standard InChI is InChI=1S/C22H23N3O2/c1-15-9-10-19-18(12-15)21(26)20(13-23-19)24-22(27)25-11-5-8-17(14-25)16-6-3-2-4-7-16/h2-4,6-7,9-10,12-13,17H,5,8,11,14H2,1H3,(H,23,26)(H,24,27). The van der Waals surface area contributed by atoms with Crippen LogP contribution < -0.4 is 10.7 Å². The number of urea groups is 1. The van der Waals surface area contributed by atoms with Crippen molar-refractivity contribution >= 4 is 22.6 Å². The van der Waals surface area contributed by atoms with E-state index in [2.05, 4.69) is 22.4 Å². The van der Waals surface area contributed by atoms with Gasteiger partial charge in [0.05, 0.1) is 0 Å². The van der Waals surface area contributed by atoms with Gasteiger partial charge in [-0.25, -0.2) is 4.79 Å². The summed E-state index contributed by atoms with van der Waals surface area (Å²) < 4.78 is 0. The lowest BCUT2D eigenvalue weighted by Crippen LogP contribution is -2.42. The summed E-state index contributed by atoms with van der Waals surface area (Å²) in [5, 5.41) is 3.40. The Hall–Kier alpha value is -3.08. The molecule has 2 N–H and O–H groups in total. The Morgan fingerprint density at radius 3 is 2.81 bits per heavy atom. The van der Waals surface area contributed by atoms with Crippen LogP contribution in [0.5, 0.6) is 0 Å². The van der Waals surface area contributed by atoms with Gasteiger partial charge in [-0.05, 0) is 37.5 Å². The number of piperidine rings is 1. The van der Waals surface area contributed by atoms with Gasteiger partial charge in [0.15, 0.2) is 0 Å². The summed E-state index contributed by atoms with van der Waals surface area (Å²) in [4.78, 5) is 30.4. The number of pyridine rings is 1. The zero-order chi connectivity index (χ0) is 18.8. The maximum absolute atomic E-state index is 12.8. The molecule has 2 heterocycles. The number of H-pyrrole nitrogens is 1. The van der Waals surface area contributed by atoms with Crippen LogP contribution in [0.2, 0.25) is 0 Å². The summed E-state index contributed by atoms with van der Waals surface area (Å²) in [5.41, 5.74) is 3.18. The van der Waals surface area contributed by atoms with Crippen molar-refractivity contribution in [1.29, 1.82) is 0 Å². The Kier molecular flexibility index (Phi) is 4.67. The number of rotatable bonds is 2. The molecule has 4 rings (SSSR count). The second-order valence-corrected chi connectivity index (χ2v) is 7.21. The molecule has 1 atom stereocenters. The van der Waals surface area contributed by atoms with E-state index in [0.29, 0.717) is 30.1 Å². The van der Waals surface area contributed by atoms with Crippen LogP contribution in [0, 0.1) is 6.92 Å². The summed E-state index contributed by atoms with van der Waals surface area (Å²) in [7, 11) is 0. The number of anilines is 1. The highest BCUT2D eigenvalue weighted by atomic mass is 16.2. The normalized spacial score (nSPS) is 17.1. The molecular formula is C22H23N3O2. The lowest BCUT2D eigenvalue weighted by atomic mass is 9.91. The minimum atomic E-state index is -0.215. The number of benzene rings is 2. The summed E-state index contributed by atoms with van der Waals surface area (Å²) in [6, 6.07) is 15.8. The number of fused-ring (bicyclic) bond motifs is 1. The van der Waals surface area contributed by atoms with E-state index in [1.54, 1.807) is 11.1 Å². The van der Waals surface area contributed by atoms with Crippen molar-refractivity contribution in [3.8, 4) is 0 Å². The largest absolute Gasteiger partial charge is 0.359 e. The second-order valence-electron chi connectivity index (χ2n) is 7.21. The fourth-order valence-electron chi connectivity index (χ4n) is 3.78. The average molecular weight is 361 g/mol. The molecule has 1 aromatic heterocycles. The molecular weight excluding hydrogens is 338 g/mol. The lowest BCUT2D eigenvalue weighted by Gasteiger charge is -2.33. The van der Waals surface area contributed by atoms with Crippen LogP contribution in [0.4, 0.5) is 10.5 Å². The molecule has 2 aromatic carbocycles. The van der Waals surface area contributed by atoms with E-state index in [1.807, 2.05) is 43.3 Å². The van der Waals surface area contributed by atoms with Crippen LogP contribution in [0.15, 0.2) is 59.5 Å². The van der Waals surface area contributed by atoms with Crippen LogP contribution in [0.1, 0.15) is 29.9 Å². The van der Waals surface area contributed by atoms with Crippen molar-refractivity contribution in [2.75, 3.05) is 18.4 Å². The lowest BCUT2D eigenvalue weighted by molar-refractivity contribution is 0.192. The third kappa shape index (κ3) is 3.58. The van der Waals surface area contributed by atoms with Crippen LogP contribution in [-0.2, 0) is 0 Å². The fourth-order valence-corrected chi connectivity index (χ4v) is 3.78. The molecule has 0 radical (unpaired) electrons. The van der Waals surface area contributed by atoms with Crippen LogP contribution in [-0.4, -0.2) is 29.0 Å². The molecule has 3 aromatic rings. The van der Waals surface area contributed by atoms with E-state index in [1.165, 1.54) is 5.56 Å². The SMILES string of the molecule is Cc1ccc2[nH]cc(NC(=O)N3CCCC(c4ccccc4)C3)c(=O)c2c1. The summed E-state index contributed by atoms with van der Waals surface area (Å²) in [6.45, 7) is 3.32. The maximum atomic E-state index is 12.8. The van der Waals surface area contributed by atoms with Gasteiger partial charge in [-0.2, -0.15) is 0 Å². The minimum absolute atomic E-state index is 0.155. The average Bonchev–Trinajstić information content (AvgIpc) is 2.71. The molecule has 0 bridgehead atoms. The number of hydrogen-bond donors (Lipinski definition) is 2. The number of amides is 2. The molecule has 5 heteroatoms. The molecule has 0 spiro atoms. The van der Waals surface area contributed by atoms with E-state index in [4.69, 9.17) is 0 Å². The van der Waals surface area contributed by atoms with Crippen LogP contribution in [0.25, 0.3) is 10.9 Å². The molecule has 1 aliphatic rings. The van der Waals surface area contributed by atoms with E-state index in [9.17, 15) is 9.59 Å². The zero-order valence-corrected chi connectivity index (χ0v) is 15.4. The second kappa shape index (κ2) is 7.27. The molecule has 5 nitrogen and oxygen atoms in total. The van der Waals surface area contributed by atoms with E-state index in [-0.39, 0.29) is 11.5 Å². The first-order valence-corrected chi connectivity index (χ1v) is 9.35. The smallest absolute Gasteiger partial charge is 0.322 e. The third-order valence-corrected chi connectivity index (χ3v) is 5.26. The topological polar surface area (TPSA) is 65.2 Å². The molecule has 1 saturated heterocycles. The van der Waals surface area contributed by atoms with Gasteiger partial charge in [0.25, 0.3) is 0 Å². The van der Waals surface area contributed by atoms with Gasteiger partial charge in [-0.1, -0.05) is 42.0 Å². The molecule has 1 fully saturated rings. The van der Waals surface area contributed by atoms with Gasteiger partial charge >= 0.3 is 6.03 Å². The number of aromatic amines is 1. The number of nitrogens with zero attached hydrogens (tertiary/aromatic N) is 1. The monoisotopic (exact) mass is 361 g/mol. The van der Waals surface area contributed by atoms with E-state index < -0.39 is 0 Å². The van der Waals surface area contributed by atoms with Crippen molar-refractivity contribution in [2.24, 2.45) is 0 Å². The number of likely N-dealkylation sites (tertiary alicyclic amines) is 1. The minimum Gasteiger partial charge on any atom is -0.359 e. The van der Waals surface area contributed by atoms with Crippen molar-refractivity contribution < 1.29 is 4.79 Å². The fraction of sp³-hybridized carbons (Fsp3) is 0.273. The molecule has 1 unspecified atom stereocenters. The first kappa shape index (κ1) is 17.3. The highest BCUT2D eigenvalue weighted by molar-refractivity contribution is 5.92. The first-order chi connectivity index (χ1) is 13.1. The molecule has 1 aliphatic heterocycles. The number of carbonyl (C=O) groups excluding carboxylic acids is 1.